The minimum absolute atomic E-state index is 0.406. The first kappa shape index (κ1) is 11.5. The summed E-state index contributed by atoms with van der Waals surface area (Å²) in [5, 5.41) is 11.3. The van der Waals surface area contributed by atoms with E-state index in [-0.39, 0.29) is 0 Å². The predicted octanol–water partition coefficient (Wildman–Crippen LogP) is 2.67. The topological polar surface area (TPSA) is 36.4 Å². The first-order valence-electron chi connectivity index (χ1n) is 6.45. The van der Waals surface area contributed by atoms with E-state index >= 15 is 0 Å². The summed E-state index contributed by atoms with van der Waals surface area (Å²) in [4.78, 5) is 6.80. The van der Waals surface area contributed by atoms with Gasteiger partial charge in [-0.25, -0.2) is 4.98 Å². The second kappa shape index (κ2) is 4.25. The SMILES string of the molecule is CN(C)c1c2c(nc3ccccc13)C(O)CCC2. The molecule has 3 heteroatoms. The Labute approximate surface area is 107 Å². The van der Waals surface area contributed by atoms with Crippen molar-refractivity contribution in [2.24, 2.45) is 0 Å². The average molecular weight is 242 g/mol. The number of para-hydroxylation sites is 1. The molecule has 0 bridgehead atoms. The maximum absolute atomic E-state index is 10.1. The summed E-state index contributed by atoms with van der Waals surface area (Å²) in [7, 11) is 4.12. The number of nitrogens with zero attached hydrogens (tertiary/aromatic N) is 2. The van der Waals surface area contributed by atoms with Crippen molar-refractivity contribution >= 4 is 16.6 Å². The molecule has 1 heterocycles. The van der Waals surface area contributed by atoms with E-state index in [9.17, 15) is 5.11 Å². The molecule has 0 saturated heterocycles. The fourth-order valence-electron chi connectivity index (χ4n) is 2.89. The first-order chi connectivity index (χ1) is 8.68. The van der Waals surface area contributed by atoms with Crippen molar-refractivity contribution in [3.63, 3.8) is 0 Å². The third-order valence-electron chi connectivity index (χ3n) is 3.66. The Bertz CT molecular complexity index is 592. The Hall–Kier alpha value is -1.61. The highest BCUT2D eigenvalue weighted by Gasteiger charge is 2.24. The molecule has 0 saturated carbocycles. The molecule has 1 N–H and O–H groups in total. The maximum Gasteiger partial charge on any atom is 0.0963 e. The number of benzene rings is 1. The van der Waals surface area contributed by atoms with Crippen LogP contribution in [0.5, 0.6) is 0 Å². The average Bonchev–Trinajstić information content (AvgIpc) is 2.36. The van der Waals surface area contributed by atoms with Crippen molar-refractivity contribution in [3.05, 3.63) is 35.5 Å². The number of aliphatic hydroxyl groups excluding tert-OH is 1. The minimum Gasteiger partial charge on any atom is -0.387 e. The van der Waals surface area contributed by atoms with Gasteiger partial charge < -0.3 is 10.0 Å². The lowest BCUT2D eigenvalue weighted by atomic mass is 9.90. The summed E-state index contributed by atoms with van der Waals surface area (Å²) in [6, 6.07) is 8.17. The molecule has 1 unspecified atom stereocenters. The Balaban J connectivity index is 2.38. The summed E-state index contributed by atoms with van der Waals surface area (Å²) >= 11 is 0. The molecule has 1 aliphatic carbocycles. The van der Waals surface area contributed by atoms with Gasteiger partial charge in [0.1, 0.15) is 0 Å². The van der Waals surface area contributed by atoms with Crippen molar-refractivity contribution in [1.82, 2.24) is 4.98 Å². The van der Waals surface area contributed by atoms with Crippen molar-refractivity contribution in [2.45, 2.75) is 25.4 Å². The van der Waals surface area contributed by atoms with Gasteiger partial charge in [0.2, 0.25) is 0 Å². The zero-order chi connectivity index (χ0) is 12.7. The monoisotopic (exact) mass is 242 g/mol. The van der Waals surface area contributed by atoms with Crippen LogP contribution in [-0.2, 0) is 6.42 Å². The van der Waals surface area contributed by atoms with Gasteiger partial charge in [-0.15, -0.1) is 0 Å². The molecule has 0 amide bonds. The quantitative estimate of drug-likeness (QED) is 0.835. The van der Waals surface area contributed by atoms with Gasteiger partial charge >= 0.3 is 0 Å². The molecule has 18 heavy (non-hydrogen) atoms. The van der Waals surface area contributed by atoms with Crippen molar-refractivity contribution < 1.29 is 5.11 Å². The van der Waals surface area contributed by atoms with E-state index in [2.05, 4.69) is 30.0 Å². The second-order valence-corrected chi connectivity index (χ2v) is 5.14. The van der Waals surface area contributed by atoms with Crippen LogP contribution in [0.1, 0.15) is 30.2 Å². The van der Waals surface area contributed by atoms with Crippen LogP contribution >= 0.6 is 0 Å². The summed E-state index contributed by atoms with van der Waals surface area (Å²) < 4.78 is 0. The van der Waals surface area contributed by atoms with Gasteiger partial charge in [0.15, 0.2) is 0 Å². The van der Waals surface area contributed by atoms with Gasteiger partial charge in [-0.05, 0) is 25.3 Å². The van der Waals surface area contributed by atoms with Gasteiger partial charge in [0.25, 0.3) is 0 Å². The van der Waals surface area contributed by atoms with Gasteiger partial charge in [-0.2, -0.15) is 0 Å². The molecule has 0 spiro atoms. The Kier molecular flexibility index (Phi) is 2.71. The predicted molar refractivity (Wildman–Crippen MR) is 74.0 cm³/mol. The Morgan fingerprint density at radius 2 is 2.06 bits per heavy atom. The highest BCUT2D eigenvalue weighted by atomic mass is 16.3. The molecule has 0 fully saturated rings. The Morgan fingerprint density at radius 3 is 2.83 bits per heavy atom. The molecule has 2 aromatic rings. The van der Waals surface area contributed by atoms with E-state index < -0.39 is 6.10 Å². The van der Waals surface area contributed by atoms with Crippen LogP contribution in [0.15, 0.2) is 24.3 Å². The van der Waals surface area contributed by atoms with Gasteiger partial charge in [-0.1, -0.05) is 18.2 Å². The molecule has 94 valence electrons. The largest absolute Gasteiger partial charge is 0.387 e. The van der Waals surface area contributed by atoms with Crippen LogP contribution < -0.4 is 4.90 Å². The van der Waals surface area contributed by atoms with E-state index in [1.165, 1.54) is 16.6 Å². The first-order valence-corrected chi connectivity index (χ1v) is 6.45. The molecule has 3 nitrogen and oxygen atoms in total. The molecule has 1 aliphatic rings. The normalized spacial score (nSPS) is 18.7. The fourth-order valence-corrected chi connectivity index (χ4v) is 2.89. The van der Waals surface area contributed by atoms with Crippen molar-refractivity contribution in [2.75, 3.05) is 19.0 Å². The highest BCUT2D eigenvalue weighted by Crippen LogP contribution is 2.38. The number of hydrogen-bond acceptors (Lipinski definition) is 3. The molecule has 1 aromatic heterocycles. The second-order valence-electron chi connectivity index (χ2n) is 5.14. The summed E-state index contributed by atoms with van der Waals surface area (Å²) in [5.74, 6) is 0. The van der Waals surface area contributed by atoms with Gasteiger partial charge in [0.05, 0.1) is 23.0 Å². The fraction of sp³-hybridized carbons (Fsp3) is 0.400. The lowest BCUT2D eigenvalue weighted by Crippen LogP contribution is -2.19. The molecule has 1 aromatic carbocycles. The molecule has 0 aliphatic heterocycles. The number of rotatable bonds is 1. The van der Waals surface area contributed by atoms with E-state index in [1.807, 2.05) is 18.2 Å². The molecular formula is C15H18N2O. The van der Waals surface area contributed by atoms with Crippen LogP contribution in [0, 0.1) is 0 Å². The van der Waals surface area contributed by atoms with Crippen LogP contribution in [0.3, 0.4) is 0 Å². The summed E-state index contributed by atoms with van der Waals surface area (Å²) in [5.41, 5.74) is 4.29. The van der Waals surface area contributed by atoms with E-state index in [4.69, 9.17) is 0 Å². The number of anilines is 1. The summed E-state index contributed by atoms with van der Waals surface area (Å²) in [6.07, 6.45) is 2.47. The van der Waals surface area contributed by atoms with Crippen LogP contribution in [0.25, 0.3) is 10.9 Å². The Morgan fingerprint density at radius 1 is 1.28 bits per heavy atom. The molecule has 1 atom stereocenters. The number of aliphatic hydroxyl groups is 1. The zero-order valence-corrected chi connectivity index (χ0v) is 10.8. The zero-order valence-electron chi connectivity index (χ0n) is 10.8. The third-order valence-corrected chi connectivity index (χ3v) is 3.66. The lowest BCUT2D eigenvalue weighted by molar-refractivity contribution is 0.152. The summed E-state index contributed by atoms with van der Waals surface area (Å²) in [6.45, 7) is 0. The standard InChI is InChI=1S/C15H18N2O/c1-17(2)15-10-6-3-4-8-12(10)16-14-11(15)7-5-9-13(14)18/h3-4,6,8,13,18H,5,7,9H2,1-2H3. The third kappa shape index (κ3) is 1.66. The van der Waals surface area contributed by atoms with Gasteiger partial charge in [-0.3, -0.25) is 0 Å². The molecular weight excluding hydrogens is 224 g/mol. The lowest BCUT2D eigenvalue weighted by Gasteiger charge is -2.27. The highest BCUT2D eigenvalue weighted by molar-refractivity contribution is 5.94. The minimum atomic E-state index is -0.406. The van der Waals surface area contributed by atoms with Crippen LogP contribution in [0.2, 0.25) is 0 Å². The number of aromatic nitrogens is 1. The van der Waals surface area contributed by atoms with Crippen LogP contribution in [-0.4, -0.2) is 24.2 Å². The molecule has 3 rings (SSSR count). The maximum atomic E-state index is 10.1. The molecule has 0 radical (unpaired) electrons. The number of hydrogen-bond donors (Lipinski definition) is 1. The van der Waals surface area contributed by atoms with E-state index in [1.54, 1.807) is 0 Å². The van der Waals surface area contributed by atoms with Crippen molar-refractivity contribution in [1.29, 1.82) is 0 Å². The smallest absolute Gasteiger partial charge is 0.0963 e. The van der Waals surface area contributed by atoms with E-state index in [0.717, 1.165) is 30.5 Å². The number of fused-ring (bicyclic) bond motifs is 2. The van der Waals surface area contributed by atoms with E-state index in [0.29, 0.717) is 0 Å². The van der Waals surface area contributed by atoms with Gasteiger partial charge in [0, 0.05) is 25.0 Å². The van der Waals surface area contributed by atoms with Crippen molar-refractivity contribution in [3.8, 4) is 0 Å². The van der Waals surface area contributed by atoms with Crippen LogP contribution in [0.4, 0.5) is 5.69 Å². The number of pyridine rings is 1.